The first kappa shape index (κ1) is 18.6. The lowest BCUT2D eigenvalue weighted by atomic mass is 10.1. The number of ether oxygens (including phenoxy) is 2. The molecule has 3 aliphatic rings. The number of nitrogens with zero attached hydrogens (tertiary/aromatic N) is 2. The van der Waals surface area contributed by atoms with E-state index in [4.69, 9.17) is 9.47 Å². The quantitative estimate of drug-likeness (QED) is 0.735. The fraction of sp³-hybridized carbons (Fsp3) is 0.611. The smallest absolute Gasteiger partial charge is 0.260 e. The molecule has 0 radical (unpaired) electrons. The van der Waals surface area contributed by atoms with E-state index in [1.54, 1.807) is 15.3 Å². The molecule has 9 heteroatoms. The summed E-state index contributed by atoms with van der Waals surface area (Å²) in [5, 5.41) is -0.280. The number of carbonyl (C=O) groups is 1. The normalized spacial score (nSPS) is 26.5. The van der Waals surface area contributed by atoms with Gasteiger partial charge in [0, 0.05) is 31.6 Å². The van der Waals surface area contributed by atoms with E-state index in [0.717, 1.165) is 0 Å². The van der Waals surface area contributed by atoms with Crippen LogP contribution in [0.15, 0.2) is 24.3 Å². The Morgan fingerprint density at radius 2 is 2.04 bits per heavy atom. The second-order valence-corrected chi connectivity index (χ2v) is 9.58. The predicted molar refractivity (Wildman–Crippen MR) is 95.2 cm³/mol. The van der Waals surface area contributed by atoms with Crippen molar-refractivity contribution in [1.82, 2.24) is 9.21 Å². The minimum Gasteiger partial charge on any atom is -0.484 e. The molecule has 2 atom stereocenters. The van der Waals surface area contributed by atoms with Gasteiger partial charge in [0.1, 0.15) is 11.6 Å². The summed E-state index contributed by atoms with van der Waals surface area (Å²) < 4.78 is 51.4. The summed E-state index contributed by atoms with van der Waals surface area (Å²) in [6, 6.07) is 5.26. The highest BCUT2D eigenvalue weighted by Crippen LogP contribution is 2.34. The van der Waals surface area contributed by atoms with Crippen molar-refractivity contribution in [2.45, 2.75) is 24.1 Å². The lowest BCUT2D eigenvalue weighted by Gasteiger charge is -2.30. The summed E-state index contributed by atoms with van der Waals surface area (Å²) >= 11 is 0. The monoisotopic (exact) mass is 398 g/mol. The van der Waals surface area contributed by atoms with E-state index in [2.05, 4.69) is 0 Å². The number of sulfonamides is 1. The molecule has 2 bridgehead atoms. The Morgan fingerprint density at radius 1 is 1.22 bits per heavy atom. The summed E-state index contributed by atoms with van der Waals surface area (Å²) in [6.45, 7) is 1.61. The fourth-order valence-electron chi connectivity index (χ4n) is 3.67. The number of hydrogen-bond acceptors (Lipinski definition) is 5. The molecule has 3 fully saturated rings. The lowest BCUT2D eigenvalue weighted by Crippen LogP contribution is -2.49. The van der Waals surface area contributed by atoms with Gasteiger partial charge >= 0.3 is 0 Å². The van der Waals surface area contributed by atoms with E-state index in [0.29, 0.717) is 38.3 Å². The topological polar surface area (TPSA) is 76.2 Å². The second kappa shape index (κ2) is 7.37. The van der Waals surface area contributed by atoms with Gasteiger partial charge < -0.3 is 14.4 Å². The van der Waals surface area contributed by atoms with Crippen molar-refractivity contribution in [2.24, 2.45) is 5.92 Å². The van der Waals surface area contributed by atoms with Crippen LogP contribution in [0.25, 0.3) is 0 Å². The zero-order chi connectivity index (χ0) is 19.0. The molecule has 148 valence electrons. The van der Waals surface area contributed by atoms with Crippen LogP contribution in [-0.4, -0.2) is 74.3 Å². The number of hydrogen-bond donors (Lipinski definition) is 0. The van der Waals surface area contributed by atoms with Gasteiger partial charge in [-0.3, -0.25) is 4.79 Å². The molecule has 0 spiro atoms. The summed E-state index contributed by atoms with van der Waals surface area (Å²) in [7, 11) is -3.33. The molecule has 27 heavy (non-hydrogen) atoms. The van der Waals surface area contributed by atoms with Gasteiger partial charge in [-0.15, -0.1) is 0 Å². The first-order valence-corrected chi connectivity index (χ1v) is 10.7. The molecule has 7 nitrogen and oxygen atoms in total. The summed E-state index contributed by atoms with van der Waals surface area (Å²) in [5.41, 5.74) is 0. The van der Waals surface area contributed by atoms with Crippen molar-refractivity contribution in [3.8, 4) is 5.75 Å². The highest BCUT2D eigenvalue weighted by Gasteiger charge is 2.46. The van der Waals surface area contributed by atoms with Crippen LogP contribution in [0.5, 0.6) is 5.75 Å². The molecular formula is C18H23FN2O5S. The SMILES string of the molecule is O=C(COc1cccc(F)c1)N1C[C@@H]2COC[C@H](C1)N(S(=O)(=O)C1CC1)C2. The number of amides is 1. The van der Waals surface area contributed by atoms with Gasteiger partial charge in [0.15, 0.2) is 6.61 Å². The van der Waals surface area contributed by atoms with Gasteiger partial charge in [0.2, 0.25) is 10.0 Å². The second-order valence-electron chi connectivity index (χ2n) is 7.42. The van der Waals surface area contributed by atoms with Crippen molar-refractivity contribution in [3.05, 3.63) is 30.1 Å². The van der Waals surface area contributed by atoms with Crippen molar-refractivity contribution in [3.63, 3.8) is 0 Å². The standard InChI is InChI=1S/C18H23FN2O5S/c19-14-2-1-3-16(6-14)26-12-18(22)20-7-13-8-21(15(9-20)11-25-10-13)27(23,24)17-4-5-17/h1-3,6,13,15,17H,4-5,7-12H2/t13-,15-/m0/s1. The molecule has 2 heterocycles. The van der Waals surface area contributed by atoms with Crippen molar-refractivity contribution < 1.29 is 27.1 Å². The van der Waals surface area contributed by atoms with Crippen LogP contribution in [0.1, 0.15) is 12.8 Å². The fourth-order valence-corrected chi connectivity index (χ4v) is 5.75. The molecule has 2 saturated heterocycles. The van der Waals surface area contributed by atoms with Crippen LogP contribution in [0, 0.1) is 11.7 Å². The minimum absolute atomic E-state index is 0.0656. The number of carbonyl (C=O) groups excluding carboxylic acids is 1. The van der Waals surface area contributed by atoms with Crippen LogP contribution in [-0.2, 0) is 19.6 Å². The maximum atomic E-state index is 13.2. The molecule has 2 aliphatic heterocycles. The van der Waals surface area contributed by atoms with E-state index in [1.165, 1.54) is 18.2 Å². The number of benzene rings is 1. The van der Waals surface area contributed by atoms with E-state index >= 15 is 0 Å². The Bertz CT molecular complexity index is 814. The van der Waals surface area contributed by atoms with E-state index in [1.807, 2.05) is 0 Å². The minimum atomic E-state index is -3.33. The Kier molecular flexibility index (Phi) is 5.09. The van der Waals surface area contributed by atoms with E-state index in [9.17, 15) is 17.6 Å². The summed E-state index contributed by atoms with van der Waals surface area (Å²) in [5.74, 6) is -0.437. The van der Waals surface area contributed by atoms with Gasteiger partial charge in [-0.1, -0.05) is 6.07 Å². The lowest BCUT2D eigenvalue weighted by molar-refractivity contribution is -0.135. The van der Waals surface area contributed by atoms with Crippen LogP contribution in [0.3, 0.4) is 0 Å². The summed E-state index contributed by atoms with van der Waals surface area (Å²) in [6.07, 6.45) is 1.42. The van der Waals surface area contributed by atoms with E-state index in [-0.39, 0.29) is 42.9 Å². The third kappa shape index (κ3) is 4.09. The molecule has 0 aromatic heterocycles. The van der Waals surface area contributed by atoms with E-state index < -0.39 is 15.8 Å². The third-order valence-corrected chi connectivity index (χ3v) is 7.62. The maximum absolute atomic E-state index is 13.2. The Hall–Kier alpha value is -1.71. The first-order valence-electron chi connectivity index (χ1n) is 9.18. The van der Waals surface area contributed by atoms with Crippen LogP contribution in [0.4, 0.5) is 4.39 Å². The molecule has 1 aromatic carbocycles. The zero-order valence-corrected chi connectivity index (χ0v) is 15.7. The number of halogens is 1. The van der Waals surface area contributed by atoms with Gasteiger partial charge in [-0.25, -0.2) is 12.8 Å². The number of fused-ring (bicyclic) bond motifs is 3. The van der Waals surface area contributed by atoms with Crippen molar-refractivity contribution >= 4 is 15.9 Å². The van der Waals surface area contributed by atoms with Crippen molar-refractivity contribution in [2.75, 3.05) is 39.5 Å². The molecule has 1 aromatic rings. The maximum Gasteiger partial charge on any atom is 0.260 e. The molecular weight excluding hydrogens is 375 g/mol. The largest absolute Gasteiger partial charge is 0.484 e. The van der Waals surface area contributed by atoms with Gasteiger partial charge in [-0.05, 0) is 25.0 Å². The molecule has 4 rings (SSSR count). The van der Waals surface area contributed by atoms with Crippen molar-refractivity contribution in [1.29, 1.82) is 0 Å². The molecule has 0 unspecified atom stereocenters. The van der Waals surface area contributed by atoms with Gasteiger partial charge in [0.05, 0.1) is 24.5 Å². The van der Waals surface area contributed by atoms with Gasteiger partial charge in [-0.2, -0.15) is 4.31 Å². The average Bonchev–Trinajstić information content (AvgIpc) is 3.45. The Labute approximate surface area is 158 Å². The average molecular weight is 398 g/mol. The molecule has 1 aliphatic carbocycles. The third-order valence-electron chi connectivity index (χ3n) is 5.20. The van der Waals surface area contributed by atoms with Gasteiger partial charge in [0.25, 0.3) is 5.91 Å². The predicted octanol–water partition coefficient (Wildman–Crippen LogP) is 0.856. The molecule has 0 N–H and O–H groups in total. The zero-order valence-electron chi connectivity index (χ0n) is 14.9. The van der Waals surface area contributed by atoms with Crippen LogP contribution in [0.2, 0.25) is 0 Å². The number of rotatable bonds is 5. The molecule has 1 saturated carbocycles. The highest BCUT2D eigenvalue weighted by molar-refractivity contribution is 7.90. The van der Waals surface area contributed by atoms with Crippen LogP contribution >= 0.6 is 0 Å². The Morgan fingerprint density at radius 3 is 2.78 bits per heavy atom. The highest BCUT2D eigenvalue weighted by atomic mass is 32.2. The van der Waals surface area contributed by atoms with Crippen LogP contribution < -0.4 is 4.74 Å². The Balaban J connectivity index is 1.44. The summed E-state index contributed by atoms with van der Waals surface area (Å²) in [4.78, 5) is 14.3. The molecule has 1 amide bonds. The first-order chi connectivity index (χ1) is 12.9.